The van der Waals surface area contributed by atoms with Crippen LogP contribution in [0.15, 0.2) is 30.6 Å². The second-order valence-electron chi connectivity index (χ2n) is 4.80. The molecule has 21 heavy (non-hydrogen) atoms. The molecule has 5 nitrogen and oxygen atoms in total. The maximum absolute atomic E-state index is 6.14. The zero-order chi connectivity index (χ0) is 14.8. The standard InChI is InChI=1S/C15H17N5S/c1-2-10-7-11-13(12(17)8-16)19-14(20-15(11)21-10)9-3-5-18-6-4-9/h3-7,12H,2,8,16-17H2,1H3. The molecule has 3 heterocycles. The first-order valence-electron chi connectivity index (χ1n) is 6.89. The molecule has 0 aromatic carbocycles. The van der Waals surface area contributed by atoms with Gasteiger partial charge in [-0.05, 0) is 24.6 Å². The average Bonchev–Trinajstić information content (AvgIpc) is 2.97. The maximum atomic E-state index is 6.14. The van der Waals surface area contributed by atoms with Gasteiger partial charge in [0.1, 0.15) is 4.83 Å². The monoisotopic (exact) mass is 299 g/mol. The van der Waals surface area contributed by atoms with Gasteiger partial charge in [0.25, 0.3) is 0 Å². The van der Waals surface area contributed by atoms with Crippen molar-refractivity contribution in [1.29, 1.82) is 0 Å². The molecular weight excluding hydrogens is 282 g/mol. The van der Waals surface area contributed by atoms with Crippen LogP contribution in [0, 0.1) is 0 Å². The molecule has 0 spiro atoms. The van der Waals surface area contributed by atoms with Gasteiger partial charge in [-0.25, -0.2) is 9.97 Å². The molecule has 0 saturated carbocycles. The van der Waals surface area contributed by atoms with Crippen molar-refractivity contribution in [2.75, 3.05) is 6.54 Å². The normalized spacial score (nSPS) is 12.7. The highest BCUT2D eigenvalue weighted by Crippen LogP contribution is 2.30. The van der Waals surface area contributed by atoms with Gasteiger partial charge in [0.15, 0.2) is 5.82 Å². The van der Waals surface area contributed by atoms with E-state index in [4.69, 9.17) is 11.5 Å². The molecule has 4 N–H and O–H groups in total. The molecule has 0 aliphatic carbocycles. The Kier molecular flexibility index (Phi) is 3.92. The van der Waals surface area contributed by atoms with Crippen molar-refractivity contribution in [1.82, 2.24) is 15.0 Å². The molecule has 0 aliphatic rings. The minimum Gasteiger partial charge on any atom is -0.329 e. The summed E-state index contributed by atoms with van der Waals surface area (Å²) in [4.78, 5) is 15.6. The molecule has 0 bridgehead atoms. The van der Waals surface area contributed by atoms with Crippen molar-refractivity contribution in [3.05, 3.63) is 41.2 Å². The van der Waals surface area contributed by atoms with E-state index in [1.807, 2.05) is 12.1 Å². The number of aryl methyl sites for hydroxylation is 1. The summed E-state index contributed by atoms with van der Waals surface area (Å²) in [5.74, 6) is 0.674. The fraction of sp³-hybridized carbons (Fsp3) is 0.267. The predicted octanol–water partition coefficient (Wildman–Crippen LogP) is 2.27. The predicted molar refractivity (Wildman–Crippen MR) is 86.0 cm³/mol. The number of nitrogens with zero attached hydrogens (tertiary/aromatic N) is 3. The number of hydrogen-bond acceptors (Lipinski definition) is 6. The van der Waals surface area contributed by atoms with E-state index in [2.05, 4.69) is 27.9 Å². The number of hydrogen-bond donors (Lipinski definition) is 2. The van der Waals surface area contributed by atoms with Crippen LogP contribution in [0.25, 0.3) is 21.6 Å². The molecule has 3 aromatic rings. The smallest absolute Gasteiger partial charge is 0.161 e. The molecule has 0 saturated heterocycles. The summed E-state index contributed by atoms with van der Waals surface area (Å²) in [6.07, 6.45) is 4.44. The summed E-state index contributed by atoms with van der Waals surface area (Å²) in [5.41, 5.74) is 13.6. The van der Waals surface area contributed by atoms with E-state index in [-0.39, 0.29) is 6.04 Å². The zero-order valence-electron chi connectivity index (χ0n) is 11.8. The third-order valence-corrected chi connectivity index (χ3v) is 4.54. The number of fused-ring (bicyclic) bond motifs is 1. The van der Waals surface area contributed by atoms with E-state index >= 15 is 0 Å². The van der Waals surface area contributed by atoms with Crippen LogP contribution in [0.2, 0.25) is 0 Å². The minimum absolute atomic E-state index is 0.282. The Morgan fingerprint density at radius 1 is 1.24 bits per heavy atom. The number of thiophene rings is 1. The molecule has 1 unspecified atom stereocenters. The van der Waals surface area contributed by atoms with E-state index < -0.39 is 0 Å². The third-order valence-electron chi connectivity index (χ3n) is 3.37. The number of aromatic nitrogens is 3. The molecule has 0 amide bonds. The highest BCUT2D eigenvalue weighted by molar-refractivity contribution is 7.18. The lowest BCUT2D eigenvalue weighted by molar-refractivity contribution is 0.717. The largest absolute Gasteiger partial charge is 0.329 e. The van der Waals surface area contributed by atoms with Gasteiger partial charge in [-0.2, -0.15) is 0 Å². The Bertz CT molecular complexity index is 753. The van der Waals surface area contributed by atoms with Crippen molar-refractivity contribution in [2.24, 2.45) is 11.5 Å². The molecule has 3 rings (SSSR count). The van der Waals surface area contributed by atoms with Gasteiger partial charge in [-0.1, -0.05) is 6.92 Å². The SMILES string of the molecule is CCc1cc2c(C(N)CN)nc(-c3ccncc3)nc2s1. The van der Waals surface area contributed by atoms with Crippen molar-refractivity contribution in [3.63, 3.8) is 0 Å². The van der Waals surface area contributed by atoms with E-state index in [1.165, 1.54) is 4.88 Å². The van der Waals surface area contributed by atoms with Crippen LogP contribution in [-0.4, -0.2) is 21.5 Å². The Morgan fingerprint density at radius 3 is 2.67 bits per heavy atom. The van der Waals surface area contributed by atoms with E-state index in [0.29, 0.717) is 12.4 Å². The van der Waals surface area contributed by atoms with Gasteiger partial charge in [-0.15, -0.1) is 11.3 Å². The van der Waals surface area contributed by atoms with Gasteiger partial charge in [0, 0.05) is 34.8 Å². The van der Waals surface area contributed by atoms with Crippen molar-refractivity contribution in [2.45, 2.75) is 19.4 Å². The van der Waals surface area contributed by atoms with Crippen molar-refractivity contribution >= 4 is 21.6 Å². The fourth-order valence-electron chi connectivity index (χ4n) is 2.19. The van der Waals surface area contributed by atoms with Crippen LogP contribution in [0.1, 0.15) is 23.5 Å². The van der Waals surface area contributed by atoms with Crippen LogP contribution < -0.4 is 11.5 Å². The number of nitrogens with two attached hydrogens (primary N) is 2. The van der Waals surface area contributed by atoms with Crippen LogP contribution in [0.3, 0.4) is 0 Å². The van der Waals surface area contributed by atoms with Crippen LogP contribution in [-0.2, 0) is 6.42 Å². The topological polar surface area (TPSA) is 90.7 Å². The Hall–Kier alpha value is -1.89. The van der Waals surface area contributed by atoms with Crippen molar-refractivity contribution < 1.29 is 0 Å². The van der Waals surface area contributed by atoms with Gasteiger partial charge in [0.05, 0.1) is 11.7 Å². The summed E-state index contributed by atoms with van der Waals surface area (Å²) in [6, 6.07) is 5.64. The molecular formula is C15H17N5S. The lowest BCUT2D eigenvalue weighted by atomic mass is 10.1. The van der Waals surface area contributed by atoms with Crippen molar-refractivity contribution in [3.8, 4) is 11.4 Å². The Morgan fingerprint density at radius 2 is 2.00 bits per heavy atom. The van der Waals surface area contributed by atoms with E-state index in [1.54, 1.807) is 23.7 Å². The highest BCUT2D eigenvalue weighted by atomic mass is 32.1. The summed E-state index contributed by atoms with van der Waals surface area (Å²) in [6.45, 7) is 2.49. The second kappa shape index (κ2) is 5.85. The van der Waals surface area contributed by atoms with Crippen LogP contribution in [0.5, 0.6) is 0 Å². The first-order valence-corrected chi connectivity index (χ1v) is 7.71. The molecule has 1 atom stereocenters. The summed E-state index contributed by atoms with van der Waals surface area (Å²) in [7, 11) is 0. The Labute approximate surface area is 127 Å². The van der Waals surface area contributed by atoms with Gasteiger partial charge < -0.3 is 11.5 Å². The molecule has 0 aliphatic heterocycles. The highest BCUT2D eigenvalue weighted by Gasteiger charge is 2.16. The summed E-state index contributed by atoms with van der Waals surface area (Å²) in [5, 5.41) is 1.02. The molecule has 3 aromatic heterocycles. The van der Waals surface area contributed by atoms with Gasteiger partial charge in [0.2, 0.25) is 0 Å². The maximum Gasteiger partial charge on any atom is 0.161 e. The lowest BCUT2D eigenvalue weighted by Gasteiger charge is -2.11. The molecule has 108 valence electrons. The zero-order valence-corrected chi connectivity index (χ0v) is 12.6. The average molecular weight is 299 g/mol. The Balaban J connectivity index is 2.23. The van der Waals surface area contributed by atoms with E-state index in [9.17, 15) is 0 Å². The van der Waals surface area contributed by atoms with Crippen LogP contribution >= 0.6 is 11.3 Å². The molecule has 6 heteroatoms. The van der Waals surface area contributed by atoms with E-state index in [0.717, 1.165) is 27.9 Å². The second-order valence-corrected chi connectivity index (χ2v) is 5.91. The first-order chi connectivity index (χ1) is 10.2. The number of pyridine rings is 1. The first kappa shape index (κ1) is 14.1. The lowest BCUT2D eigenvalue weighted by Crippen LogP contribution is -2.22. The summed E-state index contributed by atoms with van der Waals surface area (Å²) >= 11 is 1.69. The molecule has 0 fully saturated rings. The number of rotatable bonds is 4. The molecule has 0 radical (unpaired) electrons. The third kappa shape index (κ3) is 2.65. The van der Waals surface area contributed by atoms with Crippen LogP contribution in [0.4, 0.5) is 0 Å². The van der Waals surface area contributed by atoms with Gasteiger partial charge in [-0.3, -0.25) is 4.98 Å². The quantitative estimate of drug-likeness (QED) is 0.771. The fourth-order valence-corrected chi connectivity index (χ4v) is 3.17. The minimum atomic E-state index is -0.282. The summed E-state index contributed by atoms with van der Waals surface area (Å²) < 4.78 is 0. The van der Waals surface area contributed by atoms with Gasteiger partial charge >= 0.3 is 0 Å².